The zero-order valence-electron chi connectivity index (χ0n) is 18.6. The van der Waals surface area contributed by atoms with Gasteiger partial charge in [0.15, 0.2) is 23.9 Å². The Kier molecular flexibility index (Phi) is 7.59. The van der Waals surface area contributed by atoms with Crippen LogP contribution < -0.4 is 29.0 Å². The highest BCUT2D eigenvalue weighted by Gasteiger charge is 2.29. The molecular formula is C23H23NO10. The van der Waals surface area contributed by atoms with Gasteiger partial charge in [0, 0.05) is 11.6 Å². The summed E-state index contributed by atoms with van der Waals surface area (Å²) in [5.74, 6) is -0.781. The van der Waals surface area contributed by atoms with Crippen LogP contribution in [0.4, 0.5) is 0 Å². The van der Waals surface area contributed by atoms with E-state index >= 15 is 0 Å². The van der Waals surface area contributed by atoms with Gasteiger partial charge < -0.3 is 39.2 Å². The molecule has 3 rings (SSSR count). The molecule has 2 aromatic rings. The van der Waals surface area contributed by atoms with Crippen molar-refractivity contribution in [3.63, 3.8) is 0 Å². The van der Waals surface area contributed by atoms with E-state index in [4.69, 9.17) is 33.9 Å². The van der Waals surface area contributed by atoms with Crippen LogP contribution in [0.2, 0.25) is 0 Å². The first kappa shape index (κ1) is 24.4. The number of carbonyl (C=O) groups excluding carboxylic acids is 2. The average Bonchev–Trinajstić information content (AvgIpc) is 3.14. The number of hydrogen-bond donors (Lipinski definition) is 3. The first-order valence-electron chi connectivity index (χ1n) is 9.96. The third-order valence-corrected chi connectivity index (χ3v) is 4.85. The van der Waals surface area contributed by atoms with Gasteiger partial charge in [0.05, 0.1) is 33.5 Å². The molecule has 1 atom stereocenters. The smallest absolute Gasteiger partial charge is 0.328 e. The fourth-order valence-electron chi connectivity index (χ4n) is 3.21. The monoisotopic (exact) mass is 473 g/mol. The number of aliphatic carboxylic acids is 1. The van der Waals surface area contributed by atoms with E-state index in [9.17, 15) is 14.4 Å². The lowest BCUT2D eigenvalue weighted by molar-refractivity contribution is -0.143. The molecule has 0 fully saturated rings. The molecule has 1 amide bonds. The number of carboxylic acid groups (broad SMARTS) is 1. The van der Waals surface area contributed by atoms with Crippen LogP contribution in [0, 0.1) is 0 Å². The summed E-state index contributed by atoms with van der Waals surface area (Å²) in [6, 6.07) is 6.34. The molecule has 0 unspecified atom stereocenters. The van der Waals surface area contributed by atoms with Crippen molar-refractivity contribution in [2.24, 2.45) is 0 Å². The van der Waals surface area contributed by atoms with E-state index in [1.165, 1.54) is 45.6 Å². The van der Waals surface area contributed by atoms with E-state index in [-0.39, 0.29) is 23.0 Å². The number of methoxy groups -OCH3 is 3. The van der Waals surface area contributed by atoms with Crippen LogP contribution in [0.15, 0.2) is 36.1 Å². The number of ether oxygens (including phenoxy) is 5. The Labute approximate surface area is 194 Å². The van der Waals surface area contributed by atoms with Gasteiger partial charge >= 0.3 is 5.97 Å². The number of aliphatic hydroxyl groups excluding tert-OH is 1. The maximum Gasteiger partial charge on any atom is 0.328 e. The molecule has 2 aromatic carbocycles. The molecule has 1 aliphatic rings. The topological polar surface area (TPSA) is 150 Å². The highest BCUT2D eigenvalue weighted by Crippen LogP contribution is 2.42. The molecule has 0 aromatic heterocycles. The summed E-state index contributed by atoms with van der Waals surface area (Å²) in [6.07, 6.45) is 1.51. The Hall–Kier alpha value is -4.25. The first-order valence-corrected chi connectivity index (χ1v) is 9.96. The predicted molar refractivity (Wildman–Crippen MR) is 118 cm³/mol. The van der Waals surface area contributed by atoms with Gasteiger partial charge in [-0.3, -0.25) is 9.59 Å². The van der Waals surface area contributed by atoms with Crippen molar-refractivity contribution in [3.05, 3.63) is 47.2 Å². The molecule has 11 nitrogen and oxygen atoms in total. The lowest BCUT2D eigenvalue weighted by atomic mass is 10.1. The molecule has 0 spiro atoms. The van der Waals surface area contributed by atoms with Gasteiger partial charge in [-0.25, -0.2) is 4.79 Å². The third-order valence-electron chi connectivity index (χ3n) is 4.85. The Morgan fingerprint density at radius 2 is 1.82 bits per heavy atom. The minimum absolute atomic E-state index is 0.0441. The number of fused-ring (bicyclic) bond motifs is 1. The Bertz CT molecular complexity index is 1140. The molecular weight excluding hydrogens is 450 g/mol. The molecule has 11 heteroatoms. The number of ketones is 1. The van der Waals surface area contributed by atoms with Gasteiger partial charge in [-0.2, -0.15) is 0 Å². The number of aliphatic hydroxyl groups is 1. The fraction of sp³-hybridized carbons (Fsp3) is 0.261. The molecule has 1 heterocycles. The number of rotatable bonds is 10. The van der Waals surface area contributed by atoms with Crippen LogP contribution in [0.25, 0.3) is 6.08 Å². The molecule has 0 aliphatic carbocycles. The van der Waals surface area contributed by atoms with Gasteiger partial charge in [-0.15, -0.1) is 0 Å². The molecule has 0 bridgehead atoms. The Morgan fingerprint density at radius 3 is 2.44 bits per heavy atom. The maximum absolute atomic E-state index is 12.8. The Balaban J connectivity index is 1.76. The van der Waals surface area contributed by atoms with Crippen molar-refractivity contribution < 1.29 is 48.3 Å². The molecule has 180 valence electrons. The van der Waals surface area contributed by atoms with Gasteiger partial charge in [-0.05, 0) is 30.3 Å². The van der Waals surface area contributed by atoms with Gasteiger partial charge in [0.25, 0.3) is 5.91 Å². The molecule has 1 aliphatic heterocycles. The molecule has 3 N–H and O–H groups in total. The number of nitrogens with one attached hydrogen (secondary N) is 1. The fourth-order valence-corrected chi connectivity index (χ4v) is 3.21. The van der Waals surface area contributed by atoms with Crippen LogP contribution in [0.3, 0.4) is 0 Å². The largest absolute Gasteiger partial charge is 0.493 e. The van der Waals surface area contributed by atoms with Crippen LogP contribution in [0.5, 0.6) is 28.7 Å². The lowest BCUT2D eigenvalue weighted by Crippen LogP contribution is -2.45. The van der Waals surface area contributed by atoms with Crippen LogP contribution in [-0.4, -0.2) is 68.5 Å². The highest BCUT2D eigenvalue weighted by atomic mass is 16.5. The number of Topliss-reactive ketones (excluding diaryl/α,β-unsaturated/α-hetero) is 1. The molecule has 0 radical (unpaired) electrons. The van der Waals surface area contributed by atoms with Crippen molar-refractivity contribution in [1.82, 2.24) is 5.32 Å². The van der Waals surface area contributed by atoms with Crippen LogP contribution in [0.1, 0.15) is 15.9 Å². The van der Waals surface area contributed by atoms with E-state index < -0.39 is 31.1 Å². The summed E-state index contributed by atoms with van der Waals surface area (Å²) in [5.41, 5.74) is 0.829. The minimum Gasteiger partial charge on any atom is -0.493 e. The number of allylic oxidation sites excluding steroid dienone is 1. The van der Waals surface area contributed by atoms with Crippen molar-refractivity contribution >= 4 is 23.7 Å². The predicted octanol–water partition coefficient (Wildman–Crippen LogP) is 1.27. The second kappa shape index (κ2) is 10.6. The summed E-state index contributed by atoms with van der Waals surface area (Å²) >= 11 is 0. The summed E-state index contributed by atoms with van der Waals surface area (Å²) in [6.45, 7) is -1.25. The quantitative estimate of drug-likeness (QED) is 0.431. The number of amides is 1. The summed E-state index contributed by atoms with van der Waals surface area (Å²) in [7, 11) is 4.43. The van der Waals surface area contributed by atoms with E-state index in [2.05, 4.69) is 5.32 Å². The SMILES string of the molecule is COc1ccc(C=C2Oc3cc(OCC(=O)N[C@@H](CO)C(=O)O)ccc3C2=O)c(OC)c1OC. The number of benzene rings is 2. The summed E-state index contributed by atoms with van der Waals surface area (Å²) < 4.78 is 27.1. The van der Waals surface area contributed by atoms with Crippen molar-refractivity contribution in [1.29, 1.82) is 0 Å². The number of carboxylic acids is 1. The van der Waals surface area contributed by atoms with Crippen LogP contribution >= 0.6 is 0 Å². The van der Waals surface area contributed by atoms with Gasteiger partial charge in [0.2, 0.25) is 11.5 Å². The van der Waals surface area contributed by atoms with Crippen molar-refractivity contribution in [3.8, 4) is 28.7 Å². The normalized spacial score (nSPS) is 14.1. The van der Waals surface area contributed by atoms with E-state index in [0.717, 1.165) is 0 Å². The second-order valence-electron chi connectivity index (χ2n) is 6.95. The number of hydrogen-bond acceptors (Lipinski definition) is 9. The second-order valence-corrected chi connectivity index (χ2v) is 6.95. The number of carbonyl (C=O) groups is 3. The average molecular weight is 473 g/mol. The Morgan fingerprint density at radius 1 is 1.09 bits per heavy atom. The highest BCUT2D eigenvalue weighted by molar-refractivity contribution is 6.14. The van der Waals surface area contributed by atoms with Crippen molar-refractivity contribution in [2.75, 3.05) is 34.5 Å². The van der Waals surface area contributed by atoms with E-state index in [1.54, 1.807) is 12.1 Å². The van der Waals surface area contributed by atoms with Gasteiger partial charge in [0.1, 0.15) is 17.5 Å². The van der Waals surface area contributed by atoms with Crippen molar-refractivity contribution in [2.45, 2.75) is 6.04 Å². The summed E-state index contributed by atoms with van der Waals surface area (Å²) in [4.78, 5) is 35.5. The zero-order chi connectivity index (χ0) is 24.8. The van der Waals surface area contributed by atoms with Gasteiger partial charge in [-0.1, -0.05) is 0 Å². The maximum atomic E-state index is 12.8. The van der Waals surface area contributed by atoms with Crippen LogP contribution in [-0.2, 0) is 9.59 Å². The summed E-state index contributed by atoms with van der Waals surface area (Å²) in [5, 5.41) is 20.0. The zero-order valence-corrected chi connectivity index (χ0v) is 18.6. The molecule has 0 saturated heterocycles. The third kappa shape index (κ3) is 5.04. The molecule has 34 heavy (non-hydrogen) atoms. The van der Waals surface area contributed by atoms with E-state index in [1.807, 2.05) is 0 Å². The van der Waals surface area contributed by atoms with E-state index in [0.29, 0.717) is 28.4 Å². The molecule has 0 saturated carbocycles. The minimum atomic E-state index is -1.43. The first-order chi connectivity index (χ1) is 16.3. The standard InChI is InChI=1S/C23H23NO10/c1-30-16-7-4-12(21(31-2)22(16)32-3)8-18-20(27)14-6-5-13(9-17(14)34-18)33-11-19(26)24-15(10-25)23(28)29/h4-9,15,25H,10-11H2,1-3H3,(H,24,26)(H,28,29)/t15-/m0/s1. The lowest BCUT2D eigenvalue weighted by Gasteiger charge is -2.14.